The molecule has 26 heavy (non-hydrogen) atoms. The van der Waals surface area contributed by atoms with E-state index in [9.17, 15) is 4.21 Å². The molecule has 2 aliphatic heterocycles. The lowest BCUT2D eigenvalue weighted by molar-refractivity contribution is 0.110. The van der Waals surface area contributed by atoms with Crippen molar-refractivity contribution in [2.45, 2.75) is 22.3 Å². The van der Waals surface area contributed by atoms with Crippen LogP contribution in [0.4, 0.5) is 0 Å². The third kappa shape index (κ3) is 3.29. The zero-order valence-corrected chi connectivity index (χ0v) is 16.6. The van der Waals surface area contributed by atoms with E-state index in [0.717, 1.165) is 59.3 Å². The van der Waals surface area contributed by atoms with Crippen molar-refractivity contribution in [3.05, 3.63) is 52.5 Å². The summed E-state index contributed by atoms with van der Waals surface area (Å²) in [5.74, 6) is 0.741. The van der Waals surface area contributed by atoms with Crippen molar-refractivity contribution in [2.24, 2.45) is 0 Å². The summed E-state index contributed by atoms with van der Waals surface area (Å²) in [5.41, 5.74) is 2.22. The van der Waals surface area contributed by atoms with Crippen LogP contribution in [0.5, 0.6) is 5.75 Å². The molecule has 4 nitrogen and oxygen atoms in total. The maximum Gasteiger partial charge on any atom is 0.120 e. The number of piperazine rings is 1. The van der Waals surface area contributed by atoms with Crippen molar-refractivity contribution in [3.8, 4) is 5.75 Å². The van der Waals surface area contributed by atoms with Crippen LogP contribution >= 0.6 is 11.6 Å². The molecule has 1 saturated heterocycles. The van der Waals surface area contributed by atoms with Crippen LogP contribution in [-0.2, 0) is 17.2 Å². The average molecular weight is 391 g/mol. The molecule has 6 heteroatoms. The Morgan fingerprint density at radius 1 is 1.08 bits per heavy atom. The van der Waals surface area contributed by atoms with Gasteiger partial charge >= 0.3 is 0 Å². The Balaban J connectivity index is 1.82. The van der Waals surface area contributed by atoms with Gasteiger partial charge in [0.15, 0.2) is 0 Å². The molecule has 2 aromatic rings. The van der Waals surface area contributed by atoms with Gasteiger partial charge in [0.2, 0.25) is 0 Å². The zero-order chi connectivity index (χ0) is 18.3. The monoisotopic (exact) mass is 390 g/mol. The smallest absolute Gasteiger partial charge is 0.120 e. The van der Waals surface area contributed by atoms with Crippen LogP contribution in [0, 0.1) is 0 Å². The van der Waals surface area contributed by atoms with E-state index in [0.29, 0.717) is 5.02 Å². The van der Waals surface area contributed by atoms with Crippen LogP contribution in [0.15, 0.2) is 46.2 Å². The van der Waals surface area contributed by atoms with Gasteiger partial charge < -0.3 is 9.64 Å². The molecule has 4 rings (SSSR count). The molecule has 2 aliphatic rings. The first-order chi connectivity index (χ1) is 12.6. The van der Waals surface area contributed by atoms with E-state index < -0.39 is 10.8 Å². The minimum absolute atomic E-state index is 0.191. The van der Waals surface area contributed by atoms with Crippen molar-refractivity contribution >= 4 is 22.4 Å². The Hall–Kier alpha value is -1.40. The fraction of sp³-hybridized carbons (Fsp3) is 0.400. The maximum absolute atomic E-state index is 13.4. The second-order valence-electron chi connectivity index (χ2n) is 6.98. The summed E-state index contributed by atoms with van der Waals surface area (Å²) in [6.45, 7) is 4.10. The normalized spacial score (nSPS) is 23.8. The Morgan fingerprint density at radius 2 is 1.85 bits per heavy atom. The highest BCUT2D eigenvalue weighted by Crippen LogP contribution is 2.39. The standard InChI is InChI=1S/C20H23ClN2O2S/c1-22-7-9-23(10-8-22)18-11-14-3-5-16(25-2)13-20(14)26(24)19-6-4-15(21)12-17(18)19/h3-6,12-13,18H,7-11H2,1-2H3. The number of benzene rings is 2. The summed E-state index contributed by atoms with van der Waals surface area (Å²) in [6, 6.07) is 11.9. The fourth-order valence-corrected chi connectivity index (χ4v) is 5.48. The quantitative estimate of drug-likeness (QED) is 0.787. The summed E-state index contributed by atoms with van der Waals surface area (Å²) in [7, 11) is 2.56. The van der Waals surface area contributed by atoms with Gasteiger partial charge in [-0.2, -0.15) is 0 Å². The lowest BCUT2D eigenvalue weighted by atomic mass is 9.96. The molecular weight excluding hydrogens is 368 g/mol. The predicted octanol–water partition coefficient (Wildman–Crippen LogP) is 3.36. The number of hydrogen-bond donors (Lipinski definition) is 0. The third-order valence-corrected chi connectivity index (χ3v) is 7.18. The zero-order valence-electron chi connectivity index (χ0n) is 15.1. The molecule has 2 atom stereocenters. The molecule has 0 saturated carbocycles. The first-order valence-corrected chi connectivity index (χ1v) is 10.4. The van der Waals surface area contributed by atoms with Crippen molar-refractivity contribution < 1.29 is 8.95 Å². The van der Waals surface area contributed by atoms with Gasteiger partial charge in [-0.3, -0.25) is 4.90 Å². The highest BCUT2D eigenvalue weighted by molar-refractivity contribution is 7.85. The number of methoxy groups -OCH3 is 1. The van der Waals surface area contributed by atoms with Gasteiger partial charge in [0.1, 0.15) is 5.75 Å². The number of fused-ring (bicyclic) bond motifs is 2. The first-order valence-electron chi connectivity index (χ1n) is 8.87. The van der Waals surface area contributed by atoms with E-state index in [4.69, 9.17) is 16.3 Å². The maximum atomic E-state index is 13.4. The predicted molar refractivity (Wildman–Crippen MR) is 105 cm³/mol. The van der Waals surface area contributed by atoms with Crippen molar-refractivity contribution in [2.75, 3.05) is 40.3 Å². The average Bonchev–Trinajstić information content (AvgIpc) is 2.77. The van der Waals surface area contributed by atoms with Crippen molar-refractivity contribution in [1.29, 1.82) is 0 Å². The second-order valence-corrected chi connectivity index (χ2v) is 8.84. The van der Waals surface area contributed by atoms with Gasteiger partial charge in [0, 0.05) is 42.1 Å². The van der Waals surface area contributed by atoms with Crippen LogP contribution in [-0.4, -0.2) is 54.3 Å². The first kappa shape index (κ1) is 18.0. The number of likely N-dealkylation sites (N-methyl/N-ethyl adjacent to an activating group) is 1. The van der Waals surface area contributed by atoms with Crippen LogP contribution in [0.25, 0.3) is 0 Å². The molecule has 0 aliphatic carbocycles. The summed E-state index contributed by atoms with van der Waals surface area (Å²) >= 11 is 6.32. The van der Waals surface area contributed by atoms with Gasteiger partial charge in [0.25, 0.3) is 0 Å². The highest BCUT2D eigenvalue weighted by atomic mass is 35.5. The molecule has 0 N–H and O–H groups in total. The number of nitrogens with zero attached hydrogens (tertiary/aromatic N) is 2. The third-order valence-electron chi connectivity index (χ3n) is 5.40. The second kappa shape index (κ2) is 7.31. The molecule has 0 radical (unpaired) electrons. The van der Waals surface area contributed by atoms with E-state index in [1.54, 1.807) is 7.11 Å². The summed E-state index contributed by atoms with van der Waals surface area (Å²) < 4.78 is 18.7. The Kier molecular flexibility index (Phi) is 5.06. The van der Waals surface area contributed by atoms with Crippen molar-refractivity contribution in [3.63, 3.8) is 0 Å². The fourth-order valence-electron chi connectivity index (χ4n) is 3.85. The van der Waals surface area contributed by atoms with Crippen LogP contribution in [0.2, 0.25) is 5.02 Å². The summed E-state index contributed by atoms with van der Waals surface area (Å²) in [6.07, 6.45) is 0.835. The van der Waals surface area contributed by atoms with Crippen molar-refractivity contribution in [1.82, 2.24) is 9.80 Å². The molecule has 138 valence electrons. The largest absolute Gasteiger partial charge is 0.497 e. The van der Waals surface area contributed by atoms with Gasteiger partial charge in [-0.1, -0.05) is 17.7 Å². The van der Waals surface area contributed by atoms with Crippen LogP contribution in [0.3, 0.4) is 0 Å². The van der Waals surface area contributed by atoms with Crippen LogP contribution < -0.4 is 4.74 Å². The van der Waals surface area contributed by atoms with Gasteiger partial charge in [-0.05, 0) is 54.9 Å². The number of rotatable bonds is 2. The molecule has 0 spiro atoms. The molecule has 1 fully saturated rings. The number of halogens is 1. The SMILES string of the molecule is COc1ccc2c(c1)S(=O)c1ccc(Cl)cc1C(N1CCN(C)CC1)C2. The Bertz CT molecular complexity index is 850. The summed E-state index contributed by atoms with van der Waals surface area (Å²) in [5, 5.41) is 0.698. The van der Waals surface area contributed by atoms with E-state index in [1.807, 2.05) is 30.3 Å². The topological polar surface area (TPSA) is 32.8 Å². The van der Waals surface area contributed by atoms with E-state index >= 15 is 0 Å². The van der Waals surface area contributed by atoms with Gasteiger partial charge in [-0.25, -0.2) is 4.21 Å². The Morgan fingerprint density at radius 3 is 2.58 bits per heavy atom. The lowest BCUT2D eigenvalue weighted by Gasteiger charge is -2.38. The van der Waals surface area contributed by atoms with E-state index in [-0.39, 0.29) is 6.04 Å². The molecule has 0 aromatic heterocycles. The van der Waals surface area contributed by atoms with Gasteiger partial charge in [0.05, 0.1) is 22.8 Å². The van der Waals surface area contributed by atoms with Crippen LogP contribution in [0.1, 0.15) is 17.2 Å². The molecule has 0 bridgehead atoms. The minimum Gasteiger partial charge on any atom is -0.497 e. The highest BCUT2D eigenvalue weighted by Gasteiger charge is 2.32. The van der Waals surface area contributed by atoms with E-state index in [2.05, 4.69) is 22.9 Å². The lowest BCUT2D eigenvalue weighted by Crippen LogP contribution is -2.46. The Labute approximate surface area is 162 Å². The minimum atomic E-state index is -1.24. The van der Waals surface area contributed by atoms with E-state index in [1.165, 1.54) is 0 Å². The van der Waals surface area contributed by atoms with Gasteiger partial charge in [-0.15, -0.1) is 0 Å². The molecule has 2 unspecified atom stereocenters. The summed E-state index contributed by atoms with van der Waals surface area (Å²) in [4.78, 5) is 6.57. The number of hydrogen-bond acceptors (Lipinski definition) is 4. The molecule has 2 heterocycles. The molecule has 0 amide bonds. The molecule has 2 aromatic carbocycles. The molecular formula is C20H23ClN2O2S. The number of ether oxygens (including phenoxy) is 1.